The molecule has 0 bridgehead atoms. The van der Waals surface area contributed by atoms with Gasteiger partial charge in [0.2, 0.25) is 0 Å². The van der Waals surface area contributed by atoms with E-state index in [2.05, 4.69) is 26.1 Å². The molecule has 3 heteroatoms. The van der Waals surface area contributed by atoms with Gasteiger partial charge >= 0.3 is 0 Å². The topological polar surface area (TPSA) is 55.1 Å². The van der Waals surface area contributed by atoms with E-state index in [1.165, 1.54) is 0 Å². The molecule has 0 heterocycles. The van der Waals surface area contributed by atoms with Crippen molar-refractivity contribution < 1.29 is 4.79 Å². The Morgan fingerprint density at radius 1 is 1.05 bits per heavy atom. The molecule has 2 aromatic rings. The molecule has 0 amide bonds. The lowest BCUT2D eigenvalue weighted by Gasteiger charge is -2.24. The normalized spacial score (nSPS) is 11.2. The second-order valence-corrected chi connectivity index (χ2v) is 5.88. The van der Waals surface area contributed by atoms with Gasteiger partial charge in [-0.1, -0.05) is 30.3 Å². The van der Waals surface area contributed by atoms with Crippen LogP contribution in [-0.4, -0.2) is 11.3 Å². The summed E-state index contributed by atoms with van der Waals surface area (Å²) in [5.74, 6) is -0.0235. The first-order chi connectivity index (χ1) is 9.37. The van der Waals surface area contributed by atoms with Gasteiger partial charge in [-0.2, -0.15) is 0 Å². The Labute approximate surface area is 119 Å². The van der Waals surface area contributed by atoms with Crippen LogP contribution >= 0.6 is 0 Å². The van der Waals surface area contributed by atoms with Crippen molar-refractivity contribution in [3.8, 4) is 0 Å². The smallest absolute Gasteiger partial charge is 0.195 e. The van der Waals surface area contributed by atoms with Crippen molar-refractivity contribution in [2.75, 3.05) is 11.1 Å². The fourth-order valence-electron chi connectivity index (χ4n) is 2.01. The third kappa shape index (κ3) is 3.38. The summed E-state index contributed by atoms with van der Waals surface area (Å²) in [6.07, 6.45) is 0. The molecule has 2 rings (SSSR count). The molecule has 104 valence electrons. The quantitative estimate of drug-likeness (QED) is 0.659. The first-order valence-electron chi connectivity index (χ1n) is 6.64. The SMILES string of the molecule is CC(C)(C)Nc1ccc(N)cc1C(=O)c1ccccc1. The molecular formula is C17H20N2O. The van der Waals surface area contributed by atoms with Gasteiger partial charge in [-0.05, 0) is 39.0 Å². The molecule has 20 heavy (non-hydrogen) atoms. The fourth-order valence-corrected chi connectivity index (χ4v) is 2.01. The van der Waals surface area contributed by atoms with Crippen LogP contribution in [0.2, 0.25) is 0 Å². The number of anilines is 2. The van der Waals surface area contributed by atoms with Crippen molar-refractivity contribution in [2.45, 2.75) is 26.3 Å². The number of carbonyl (C=O) groups is 1. The Morgan fingerprint density at radius 2 is 1.70 bits per heavy atom. The third-order valence-electron chi connectivity index (χ3n) is 2.83. The first kappa shape index (κ1) is 14.1. The number of rotatable bonds is 3. The van der Waals surface area contributed by atoms with E-state index >= 15 is 0 Å². The Hall–Kier alpha value is -2.29. The average molecular weight is 268 g/mol. The van der Waals surface area contributed by atoms with Crippen molar-refractivity contribution >= 4 is 17.2 Å². The van der Waals surface area contributed by atoms with Crippen LogP contribution < -0.4 is 11.1 Å². The minimum absolute atomic E-state index is 0.0235. The molecule has 0 aliphatic heterocycles. The summed E-state index contributed by atoms with van der Waals surface area (Å²) in [4.78, 5) is 12.6. The van der Waals surface area contributed by atoms with E-state index in [0.29, 0.717) is 16.8 Å². The maximum Gasteiger partial charge on any atom is 0.195 e. The van der Waals surface area contributed by atoms with Crippen LogP contribution in [0, 0.1) is 0 Å². The number of carbonyl (C=O) groups excluding carboxylic acids is 1. The molecule has 3 N–H and O–H groups in total. The highest BCUT2D eigenvalue weighted by atomic mass is 16.1. The lowest BCUT2D eigenvalue weighted by atomic mass is 9.99. The van der Waals surface area contributed by atoms with Crippen molar-refractivity contribution in [1.29, 1.82) is 0 Å². The predicted molar refractivity (Wildman–Crippen MR) is 84.1 cm³/mol. The van der Waals surface area contributed by atoms with E-state index in [9.17, 15) is 4.79 Å². The predicted octanol–water partition coefficient (Wildman–Crippen LogP) is 3.71. The van der Waals surface area contributed by atoms with E-state index < -0.39 is 0 Å². The summed E-state index contributed by atoms with van der Waals surface area (Å²) < 4.78 is 0. The number of nitrogens with two attached hydrogens (primary N) is 1. The molecule has 0 atom stereocenters. The highest BCUT2D eigenvalue weighted by Crippen LogP contribution is 2.25. The third-order valence-corrected chi connectivity index (χ3v) is 2.83. The zero-order valence-corrected chi connectivity index (χ0v) is 12.1. The minimum Gasteiger partial charge on any atom is -0.399 e. The zero-order chi connectivity index (χ0) is 14.8. The molecule has 0 aliphatic carbocycles. The van der Waals surface area contributed by atoms with Gasteiger partial charge in [-0.15, -0.1) is 0 Å². The van der Waals surface area contributed by atoms with E-state index in [-0.39, 0.29) is 11.3 Å². The molecule has 0 spiro atoms. The molecule has 0 unspecified atom stereocenters. The Kier molecular flexibility index (Phi) is 3.79. The van der Waals surface area contributed by atoms with Gasteiger partial charge in [0, 0.05) is 28.0 Å². The van der Waals surface area contributed by atoms with Crippen LogP contribution in [-0.2, 0) is 0 Å². The van der Waals surface area contributed by atoms with Crippen LogP contribution in [0.3, 0.4) is 0 Å². The van der Waals surface area contributed by atoms with Gasteiger partial charge in [0.05, 0.1) is 0 Å². The van der Waals surface area contributed by atoms with Crippen molar-refractivity contribution in [3.05, 3.63) is 59.7 Å². The maximum absolute atomic E-state index is 12.6. The van der Waals surface area contributed by atoms with Crippen LogP contribution in [0.4, 0.5) is 11.4 Å². The van der Waals surface area contributed by atoms with E-state index in [0.717, 1.165) is 5.69 Å². The number of ketones is 1. The van der Waals surface area contributed by atoms with Crippen LogP contribution in [0.1, 0.15) is 36.7 Å². The number of nitrogens with one attached hydrogen (secondary N) is 1. The van der Waals surface area contributed by atoms with Crippen molar-refractivity contribution in [2.24, 2.45) is 0 Å². The summed E-state index contributed by atoms with van der Waals surface area (Å²) in [6, 6.07) is 14.6. The zero-order valence-electron chi connectivity index (χ0n) is 12.1. The number of nitrogen functional groups attached to an aromatic ring is 1. The maximum atomic E-state index is 12.6. The molecule has 0 aromatic heterocycles. The molecule has 0 saturated carbocycles. The van der Waals surface area contributed by atoms with Gasteiger partial charge in [-0.25, -0.2) is 0 Å². The van der Waals surface area contributed by atoms with E-state index in [1.54, 1.807) is 12.1 Å². The molecule has 0 aliphatic rings. The van der Waals surface area contributed by atoms with Gasteiger partial charge in [0.1, 0.15) is 0 Å². The highest BCUT2D eigenvalue weighted by Gasteiger charge is 2.17. The Balaban J connectivity index is 2.44. The minimum atomic E-state index is -0.123. The molecule has 0 radical (unpaired) electrons. The second kappa shape index (κ2) is 5.37. The Bertz CT molecular complexity index is 613. The van der Waals surface area contributed by atoms with Gasteiger partial charge in [-0.3, -0.25) is 4.79 Å². The van der Waals surface area contributed by atoms with E-state index in [4.69, 9.17) is 5.73 Å². The summed E-state index contributed by atoms with van der Waals surface area (Å²) >= 11 is 0. The molecule has 0 saturated heterocycles. The van der Waals surface area contributed by atoms with Crippen molar-refractivity contribution in [3.63, 3.8) is 0 Å². The van der Waals surface area contributed by atoms with Gasteiger partial charge in [0.15, 0.2) is 5.78 Å². The number of benzene rings is 2. The summed E-state index contributed by atoms with van der Waals surface area (Å²) in [5, 5.41) is 3.35. The lowest BCUT2D eigenvalue weighted by molar-refractivity contribution is 0.103. The molecule has 3 nitrogen and oxygen atoms in total. The largest absolute Gasteiger partial charge is 0.399 e. The van der Waals surface area contributed by atoms with Crippen LogP contribution in [0.25, 0.3) is 0 Å². The average Bonchev–Trinajstić information content (AvgIpc) is 2.39. The summed E-state index contributed by atoms with van der Waals surface area (Å²) in [6.45, 7) is 6.17. The van der Waals surface area contributed by atoms with Gasteiger partial charge < -0.3 is 11.1 Å². The summed E-state index contributed by atoms with van der Waals surface area (Å²) in [5.41, 5.74) is 8.36. The number of hydrogen-bond acceptors (Lipinski definition) is 3. The highest BCUT2D eigenvalue weighted by molar-refractivity contribution is 6.12. The molecular weight excluding hydrogens is 248 g/mol. The van der Waals surface area contributed by atoms with Crippen molar-refractivity contribution in [1.82, 2.24) is 0 Å². The van der Waals surface area contributed by atoms with Crippen LogP contribution in [0.5, 0.6) is 0 Å². The molecule has 2 aromatic carbocycles. The standard InChI is InChI=1S/C17H20N2O/c1-17(2,3)19-15-10-9-13(18)11-14(15)16(20)12-7-5-4-6-8-12/h4-11,19H,18H2,1-3H3. The number of hydrogen-bond donors (Lipinski definition) is 2. The van der Waals surface area contributed by atoms with Crippen LogP contribution in [0.15, 0.2) is 48.5 Å². The monoisotopic (exact) mass is 268 g/mol. The van der Waals surface area contributed by atoms with Gasteiger partial charge in [0.25, 0.3) is 0 Å². The lowest BCUT2D eigenvalue weighted by Crippen LogP contribution is -2.27. The summed E-state index contributed by atoms with van der Waals surface area (Å²) in [7, 11) is 0. The molecule has 0 fully saturated rings. The first-order valence-corrected chi connectivity index (χ1v) is 6.64. The second-order valence-electron chi connectivity index (χ2n) is 5.88. The van der Waals surface area contributed by atoms with E-state index in [1.807, 2.05) is 36.4 Å². The Morgan fingerprint density at radius 3 is 2.30 bits per heavy atom. The fraction of sp³-hybridized carbons (Fsp3) is 0.235.